The van der Waals surface area contributed by atoms with E-state index in [1.807, 2.05) is 13.8 Å². The minimum Gasteiger partial charge on any atom is -0.280 e. The van der Waals surface area contributed by atoms with Crippen molar-refractivity contribution >= 4 is 39.4 Å². The highest BCUT2D eigenvalue weighted by atomic mass is 35.5. The smallest absolute Gasteiger partial charge is 0.271 e. The highest BCUT2D eigenvalue weighted by Crippen LogP contribution is 2.19. The van der Waals surface area contributed by atoms with Crippen molar-refractivity contribution in [2.75, 3.05) is 4.72 Å². The van der Waals surface area contributed by atoms with E-state index in [1.165, 1.54) is 24.3 Å². The number of halogens is 1. The predicted octanol–water partition coefficient (Wildman–Crippen LogP) is 4.29. The van der Waals surface area contributed by atoms with E-state index in [-0.39, 0.29) is 10.5 Å². The molecule has 144 valence electrons. The molecule has 0 bridgehead atoms. The first-order valence-electron chi connectivity index (χ1n) is 8.57. The molecule has 0 atom stereocenters. The summed E-state index contributed by atoms with van der Waals surface area (Å²) >= 11 is 5.80. The van der Waals surface area contributed by atoms with Crippen LogP contribution >= 0.6 is 11.6 Å². The van der Waals surface area contributed by atoms with Gasteiger partial charge in [0, 0.05) is 22.5 Å². The summed E-state index contributed by atoms with van der Waals surface area (Å²) in [7, 11) is -3.84. The fraction of sp³-hybridized carbons (Fsp3) is 0.263. The molecule has 1 amide bonds. The van der Waals surface area contributed by atoms with Gasteiger partial charge in [0.15, 0.2) is 0 Å². The Balaban J connectivity index is 2.13. The van der Waals surface area contributed by atoms with Gasteiger partial charge in [-0.05, 0) is 61.2 Å². The van der Waals surface area contributed by atoms with Crippen molar-refractivity contribution in [1.29, 1.82) is 0 Å². The van der Waals surface area contributed by atoms with Gasteiger partial charge in [0.05, 0.1) is 4.90 Å². The number of hydrazone groups is 1. The van der Waals surface area contributed by atoms with Crippen LogP contribution in [0.1, 0.15) is 37.0 Å². The molecule has 0 aromatic heterocycles. The summed E-state index contributed by atoms with van der Waals surface area (Å²) in [6.07, 6.45) is 3.56. The SMILES string of the molecule is CCC(/C=N\NC(=O)c1cccc(S(=O)(=O)Nc2ccc(Cl)cc2)c1)CC. The minimum atomic E-state index is -3.84. The monoisotopic (exact) mass is 407 g/mol. The molecule has 2 rings (SSSR count). The second-order valence-electron chi connectivity index (χ2n) is 5.94. The third kappa shape index (κ3) is 6.08. The Hall–Kier alpha value is -2.38. The van der Waals surface area contributed by atoms with Gasteiger partial charge in [-0.25, -0.2) is 13.8 Å². The van der Waals surface area contributed by atoms with Crippen LogP contribution in [0.3, 0.4) is 0 Å². The number of nitrogens with zero attached hydrogens (tertiary/aromatic N) is 1. The van der Waals surface area contributed by atoms with Gasteiger partial charge in [-0.15, -0.1) is 0 Å². The number of nitrogens with one attached hydrogen (secondary N) is 2. The summed E-state index contributed by atoms with van der Waals surface area (Å²) in [6.45, 7) is 4.09. The first-order chi connectivity index (χ1) is 12.9. The van der Waals surface area contributed by atoms with Crippen LogP contribution in [0.5, 0.6) is 0 Å². The van der Waals surface area contributed by atoms with Gasteiger partial charge in [0.1, 0.15) is 0 Å². The van der Waals surface area contributed by atoms with E-state index in [1.54, 1.807) is 30.5 Å². The number of benzene rings is 2. The van der Waals surface area contributed by atoms with E-state index < -0.39 is 15.9 Å². The zero-order valence-electron chi connectivity index (χ0n) is 15.1. The minimum absolute atomic E-state index is 0.0194. The zero-order valence-corrected chi connectivity index (χ0v) is 16.7. The maximum absolute atomic E-state index is 12.5. The number of carbonyl (C=O) groups excluding carboxylic acids is 1. The van der Waals surface area contributed by atoms with Gasteiger partial charge in [-0.1, -0.05) is 31.5 Å². The molecule has 6 nitrogen and oxygen atoms in total. The fourth-order valence-corrected chi connectivity index (χ4v) is 3.53. The van der Waals surface area contributed by atoms with Crippen molar-refractivity contribution < 1.29 is 13.2 Å². The molecule has 0 radical (unpaired) electrons. The van der Waals surface area contributed by atoms with Crippen molar-refractivity contribution in [3.8, 4) is 0 Å². The lowest BCUT2D eigenvalue weighted by atomic mass is 10.1. The fourth-order valence-electron chi connectivity index (χ4n) is 2.30. The molecule has 8 heteroatoms. The Kier molecular flexibility index (Phi) is 7.38. The number of hydrogen-bond acceptors (Lipinski definition) is 4. The third-order valence-corrected chi connectivity index (χ3v) is 5.63. The number of rotatable bonds is 8. The molecular formula is C19H22ClN3O3S. The molecule has 0 aliphatic rings. The zero-order chi connectivity index (χ0) is 19.9. The standard InChI is InChI=1S/C19H22ClN3O3S/c1-3-14(4-2)13-21-22-19(24)15-6-5-7-18(12-15)27(25,26)23-17-10-8-16(20)9-11-17/h5-14,23H,3-4H2,1-2H3,(H,22,24)/b21-13-. The summed E-state index contributed by atoms with van der Waals surface area (Å²) < 4.78 is 27.5. The van der Waals surface area contributed by atoms with Crippen molar-refractivity contribution in [3.05, 3.63) is 59.1 Å². The highest BCUT2D eigenvalue weighted by molar-refractivity contribution is 7.92. The Morgan fingerprint density at radius 2 is 1.81 bits per heavy atom. The average Bonchev–Trinajstić information content (AvgIpc) is 2.67. The first-order valence-corrected chi connectivity index (χ1v) is 10.4. The summed E-state index contributed by atoms with van der Waals surface area (Å²) in [6, 6.07) is 12.1. The van der Waals surface area contributed by atoms with Crippen molar-refractivity contribution in [2.45, 2.75) is 31.6 Å². The maximum atomic E-state index is 12.5. The molecule has 0 spiro atoms. The third-order valence-electron chi connectivity index (χ3n) is 4.00. The lowest BCUT2D eigenvalue weighted by Crippen LogP contribution is -2.19. The van der Waals surface area contributed by atoms with Crippen LogP contribution < -0.4 is 10.1 Å². The molecule has 0 aliphatic carbocycles. The molecule has 0 saturated carbocycles. The summed E-state index contributed by atoms with van der Waals surface area (Å²) in [5.41, 5.74) is 3.02. The van der Waals surface area contributed by atoms with Gasteiger partial charge in [-0.2, -0.15) is 5.10 Å². The first kappa shape index (κ1) is 20.9. The predicted molar refractivity (Wildman–Crippen MR) is 109 cm³/mol. The number of amides is 1. The second kappa shape index (κ2) is 9.53. The normalized spacial score (nSPS) is 11.7. The van der Waals surface area contributed by atoms with Gasteiger partial charge >= 0.3 is 0 Å². The summed E-state index contributed by atoms with van der Waals surface area (Å²) in [5, 5.41) is 4.46. The van der Waals surface area contributed by atoms with Crippen LogP contribution in [0, 0.1) is 5.92 Å². The van der Waals surface area contributed by atoms with E-state index in [0.717, 1.165) is 12.8 Å². The highest BCUT2D eigenvalue weighted by Gasteiger charge is 2.16. The molecule has 0 heterocycles. The largest absolute Gasteiger partial charge is 0.280 e. The Morgan fingerprint density at radius 1 is 1.15 bits per heavy atom. The topological polar surface area (TPSA) is 87.6 Å². The molecule has 2 N–H and O–H groups in total. The molecule has 27 heavy (non-hydrogen) atoms. The van der Waals surface area contributed by atoms with E-state index in [0.29, 0.717) is 16.6 Å². The number of carbonyl (C=O) groups is 1. The Morgan fingerprint density at radius 3 is 2.44 bits per heavy atom. The summed E-state index contributed by atoms with van der Waals surface area (Å²) in [5.74, 6) is -0.179. The molecule has 0 saturated heterocycles. The average molecular weight is 408 g/mol. The molecule has 0 fully saturated rings. The quantitative estimate of drug-likeness (QED) is 0.505. The van der Waals surface area contributed by atoms with Gasteiger partial charge in [0.25, 0.3) is 15.9 Å². The van der Waals surface area contributed by atoms with Gasteiger partial charge in [0.2, 0.25) is 0 Å². The Labute approximate surface area is 164 Å². The molecule has 2 aromatic carbocycles. The number of sulfonamides is 1. The van der Waals surface area contributed by atoms with E-state index in [4.69, 9.17) is 11.6 Å². The lowest BCUT2D eigenvalue weighted by molar-refractivity contribution is 0.0954. The molecule has 0 unspecified atom stereocenters. The lowest BCUT2D eigenvalue weighted by Gasteiger charge is -2.09. The van der Waals surface area contributed by atoms with Crippen molar-refractivity contribution in [2.24, 2.45) is 11.0 Å². The summed E-state index contributed by atoms with van der Waals surface area (Å²) in [4.78, 5) is 12.2. The van der Waals surface area contributed by atoms with Crippen LogP contribution in [0.2, 0.25) is 5.02 Å². The maximum Gasteiger partial charge on any atom is 0.271 e. The van der Waals surface area contributed by atoms with Crippen molar-refractivity contribution in [1.82, 2.24) is 5.43 Å². The van der Waals surface area contributed by atoms with Crippen LogP contribution in [-0.2, 0) is 10.0 Å². The Bertz CT molecular complexity index is 908. The molecule has 2 aromatic rings. The number of anilines is 1. The van der Waals surface area contributed by atoms with Crippen LogP contribution in [-0.4, -0.2) is 20.5 Å². The second-order valence-corrected chi connectivity index (χ2v) is 8.05. The molecule has 0 aliphatic heterocycles. The van der Waals surface area contributed by atoms with E-state index >= 15 is 0 Å². The number of hydrogen-bond donors (Lipinski definition) is 2. The van der Waals surface area contributed by atoms with Gasteiger partial charge < -0.3 is 0 Å². The van der Waals surface area contributed by atoms with Crippen LogP contribution in [0.25, 0.3) is 0 Å². The molecular weight excluding hydrogens is 386 g/mol. The van der Waals surface area contributed by atoms with Crippen LogP contribution in [0.15, 0.2) is 58.5 Å². The van der Waals surface area contributed by atoms with E-state index in [9.17, 15) is 13.2 Å². The van der Waals surface area contributed by atoms with E-state index in [2.05, 4.69) is 15.2 Å². The van der Waals surface area contributed by atoms with Crippen LogP contribution in [0.4, 0.5) is 5.69 Å². The van der Waals surface area contributed by atoms with Crippen molar-refractivity contribution in [3.63, 3.8) is 0 Å². The van der Waals surface area contributed by atoms with Gasteiger partial charge in [-0.3, -0.25) is 9.52 Å².